The summed E-state index contributed by atoms with van der Waals surface area (Å²) in [6.07, 6.45) is 1.89. The van der Waals surface area contributed by atoms with Crippen molar-refractivity contribution in [3.8, 4) is 5.75 Å². The summed E-state index contributed by atoms with van der Waals surface area (Å²) < 4.78 is 24.5. The van der Waals surface area contributed by atoms with Crippen LogP contribution < -0.4 is 15.8 Å². The molecule has 9 nitrogen and oxygen atoms in total. The molecule has 4 rings (SSSR count). The van der Waals surface area contributed by atoms with Gasteiger partial charge in [-0.25, -0.2) is 4.39 Å². The molecule has 198 valence electrons. The van der Waals surface area contributed by atoms with Crippen LogP contribution in [0.5, 0.6) is 5.75 Å². The van der Waals surface area contributed by atoms with Gasteiger partial charge in [-0.15, -0.1) is 0 Å². The van der Waals surface area contributed by atoms with Crippen LogP contribution in [0.4, 0.5) is 4.39 Å². The number of carbonyl (C=O) groups is 3. The summed E-state index contributed by atoms with van der Waals surface area (Å²) in [5.74, 6) is -0.765. The molecule has 3 N–H and O–H groups in total. The van der Waals surface area contributed by atoms with E-state index in [-0.39, 0.29) is 49.5 Å². The molecule has 3 unspecified atom stereocenters. The summed E-state index contributed by atoms with van der Waals surface area (Å²) in [7, 11) is 1.56. The summed E-state index contributed by atoms with van der Waals surface area (Å²) in [5.41, 5.74) is 6.31. The van der Waals surface area contributed by atoms with Crippen molar-refractivity contribution in [3.63, 3.8) is 0 Å². The minimum Gasteiger partial charge on any atom is -0.497 e. The Labute approximate surface area is 215 Å². The molecule has 2 heterocycles. The van der Waals surface area contributed by atoms with Crippen LogP contribution in [0, 0.1) is 5.82 Å². The zero-order chi connectivity index (χ0) is 26.4. The number of carbonyl (C=O) groups excluding carboxylic acids is 3. The average Bonchev–Trinajstić information content (AvgIpc) is 3.60. The van der Waals surface area contributed by atoms with Crippen LogP contribution in [0.15, 0.2) is 48.5 Å². The number of hydrogen-bond acceptors (Lipinski definition) is 6. The van der Waals surface area contributed by atoms with Crippen LogP contribution in [0.2, 0.25) is 0 Å². The fourth-order valence-electron chi connectivity index (χ4n) is 4.89. The van der Waals surface area contributed by atoms with E-state index in [9.17, 15) is 18.8 Å². The number of likely N-dealkylation sites (tertiary alicyclic amines) is 1. The third-order valence-corrected chi connectivity index (χ3v) is 6.84. The molecule has 0 aliphatic carbocycles. The van der Waals surface area contributed by atoms with Crippen molar-refractivity contribution >= 4 is 17.7 Å². The first kappa shape index (κ1) is 26.6. The number of amides is 3. The molecular formula is C27H33FN4O5. The lowest BCUT2D eigenvalue weighted by Gasteiger charge is -2.31. The number of nitrogens with one attached hydrogen (secondary N) is 1. The van der Waals surface area contributed by atoms with E-state index in [4.69, 9.17) is 15.2 Å². The van der Waals surface area contributed by atoms with E-state index >= 15 is 0 Å². The lowest BCUT2D eigenvalue weighted by Crippen LogP contribution is -2.47. The van der Waals surface area contributed by atoms with Gasteiger partial charge in [0.25, 0.3) is 11.8 Å². The Kier molecular flexibility index (Phi) is 8.73. The summed E-state index contributed by atoms with van der Waals surface area (Å²) in [6, 6.07) is 10.8. The van der Waals surface area contributed by atoms with E-state index in [0.717, 1.165) is 12.8 Å². The molecule has 2 aromatic carbocycles. The minimum atomic E-state index is -0.801. The Morgan fingerprint density at radius 2 is 1.84 bits per heavy atom. The highest BCUT2D eigenvalue weighted by Gasteiger charge is 2.44. The predicted molar refractivity (Wildman–Crippen MR) is 135 cm³/mol. The Bertz CT molecular complexity index is 1090. The van der Waals surface area contributed by atoms with Crippen molar-refractivity contribution in [2.45, 2.75) is 37.5 Å². The fraction of sp³-hybridized carbons (Fsp3) is 0.444. The first-order valence-electron chi connectivity index (χ1n) is 12.5. The Balaban J connectivity index is 1.62. The van der Waals surface area contributed by atoms with Crippen molar-refractivity contribution in [3.05, 3.63) is 65.5 Å². The number of ether oxygens (including phenoxy) is 2. The molecule has 0 aromatic heterocycles. The van der Waals surface area contributed by atoms with Crippen LogP contribution in [0.3, 0.4) is 0 Å². The maximum atomic E-state index is 13.7. The zero-order valence-corrected chi connectivity index (χ0v) is 20.9. The van der Waals surface area contributed by atoms with Crippen molar-refractivity contribution in [1.82, 2.24) is 15.1 Å². The molecular weight excluding hydrogens is 479 g/mol. The molecule has 0 spiro atoms. The first-order valence-corrected chi connectivity index (χ1v) is 12.5. The molecule has 37 heavy (non-hydrogen) atoms. The third kappa shape index (κ3) is 6.26. The number of hydrogen-bond donors (Lipinski definition) is 2. The number of nitrogens with zero attached hydrogens (tertiary/aromatic N) is 2. The summed E-state index contributed by atoms with van der Waals surface area (Å²) >= 11 is 0. The fourth-order valence-corrected chi connectivity index (χ4v) is 4.89. The standard InChI is InChI=1S/C27H33FN4O5/c1-36-22-10-6-19(7-11-22)26(34)31(17-23-3-2-14-37-23)21-15-24(25(33)30-13-12-29)32(16-21)27(35)18-4-8-20(28)9-5-18/h4-11,21,23-24H,2-3,12-17,29H2,1H3,(H,30,33). The van der Waals surface area contributed by atoms with Gasteiger partial charge in [0.2, 0.25) is 5.91 Å². The van der Waals surface area contributed by atoms with Gasteiger partial charge >= 0.3 is 0 Å². The highest BCUT2D eigenvalue weighted by atomic mass is 19.1. The van der Waals surface area contributed by atoms with Gasteiger partial charge in [0.1, 0.15) is 17.6 Å². The van der Waals surface area contributed by atoms with Crippen LogP contribution in [0.1, 0.15) is 40.0 Å². The first-order chi connectivity index (χ1) is 17.9. The SMILES string of the molecule is COc1ccc(C(=O)N(CC2CCCO2)C2CC(C(=O)NCCN)N(C(=O)c3ccc(F)cc3)C2)cc1. The van der Waals surface area contributed by atoms with E-state index in [2.05, 4.69) is 5.32 Å². The smallest absolute Gasteiger partial charge is 0.254 e. The number of rotatable bonds is 9. The minimum absolute atomic E-state index is 0.117. The van der Waals surface area contributed by atoms with E-state index in [1.54, 1.807) is 36.3 Å². The van der Waals surface area contributed by atoms with Gasteiger partial charge in [0.05, 0.1) is 19.3 Å². The maximum Gasteiger partial charge on any atom is 0.254 e. The van der Waals surface area contributed by atoms with Crippen molar-refractivity contribution < 1.29 is 28.2 Å². The van der Waals surface area contributed by atoms with Crippen molar-refractivity contribution in [1.29, 1.82) is 0 Å². The summed E-state index contributed by atoms with van der Waals surface area (Å²) in [6.45, 7) is 1.67. The van der Waals surface area contributed by atoms with Crippen LogP contribution >= 0.6 is 0 Å². The summed E-state index contributed by atoms with van der Waals surface area (Å²) in [5, 5.41) is 2.77. The lowest BCUT2D eigenvalue weighted by molar-refractivity contribution is -0.124. The Morgan fingerprint density at radius 3 is 2.46 bits per heavy atom. The second-order valence-electron chi connectivity index (χ2n) is 9.27. The van der Waals surface area contributed by atoms with Gasteiger partial charge < -0.3 is 30.3 Å². The Hall–Kier alpha value is -3.50. The van der Waals surface area contributed by atoms with E-state index < -0.39 is 23.8 Å². The van der Waals surface area contributed by atoms with Crippen LogP contribution in [-0.2, 0) is 9.53 Å². The highest BCUT2D eigenvalue weighted by Crippen LogP contribution is 2.28. The summed E-state index contributed by atoms with van der Waals surface area (Å²) in [4.78, 5) is 43.4. The molecule has 0 saturated carbocycles. The molecule has 0 bridgehead atoms. The van der Waals surface area contributed by atoms with Crippen LogP contribution in [-0.4, -0.2) is 85.6 Å². The molecule has 2 aliphatic heterocycles. The van der Waals surface area contributed by atoms with E-state index in [1.165, 1.54) is 29.2 Å². The molecule has 2 saturated heterocycles. The topological polar surface area (TPSA) is 114 Å². The van der Waals surface area contributed by atoms with Crippen LogP contribution in [0.25, 0.3) is 0 Å². The van der Waals surface area contributed by atoms with E-state index in [1.807, 2.05) is 0 Å². The van der Waals surface area contributed by atoms with Gasteiger partial charge in [0, 0.05) is 43.9 Å². The second-order valence-corrected chi connectivity index (χ2v) is 9.27. The zero-order valence-electron chi connectivity index (χ0n) is 20.9. The average molecular weight is 513 g/mol. The molecule has 2 aromatic rings. The number of methoxy groups -OCH3 is 1. The largest absolute Gasteiger partial charge is 0.497 e. The van der Waals surface area contributed by atoms with Crippen molar-refractivity contribution in [2.75, 3.05) is 39.9 Å². The molecule has 2 fully saturated rings. The van der Waals surface area contributed by atoms with Gasteiger partial charge in [-0.1, -0.05) is 0 Å². The monoisotopic (exact) mass is 512 g/mol. The quantitative estimate of drug-likeness (QED) is 0.530. The highest BCUT2D eigenvalue weighted by molar-refractivity contribution is 5.99. The predicted octanol–water partition coefficient (Wildman–Crippen LogP) is 1.81. The molecule has 3 atom stereocenters. The third-order valence-electron chi connectivity index (χ3n) is 6.84. The Morgan fingerprint density at radius 1 is 1.14 bits per heavy atom. The normalized spacial score (nSPS) is 21.1. The number of nitrogens with two attached hydrogens (primary N) is 1. The van der Waals surface area contributed by atoms with Gasteiger partial charge in [-0.3, -0.25) is 14.4 Å². The van der Waals surface area contributed by atoms with Gasteiger partial charge in [-0.05, 0) is 67.8 Å². The van der Waals surface area contributed by atoms with Crippen molar-refractivity contribution in [2.24, 2.45) is 5.73 Å². The molecule has 0 radical (unpaired) electrons. The number of halogens is 1. The second kappa shape index (κ2) is 12.2. The number of benzene rings is 2. The molecule has 3 amide bonds. The van der Waals surface area contributed by atoms with Gasteiger partial charge in [0.15, 0.2) is 0 Å². The van der Waals surface area contributed by atoms with E-state index in [0.29, 0.717) is 24.5 Å². The molecule has 10 heteroatoms. The van der Waals surface area contributed by atoms with Gasteiger partial charge in [-0.2, -0.15) is 0 Å². The maximum absolute atomic E-state index is 13.7. The lowest BCUT2D eigenvalue weighted by atomic mass is 10.1. The molecule has 2 aliphatic rings.